The lowest BCUT2D eigenvalue weighted by Gasteiger charge is -2.12. The molecule has 0 saturated heterocycles. The van der Waals surface area contributed by atoms with Gasteiger partial charge >= 0.3 is 0 Å². The van der Waals surface area contributed by atoms with E-state index in [1.54, 1.807) is 32.0 Å². The molecule has 0 aliphatic heterocycles. The van der Waals surface area contributed by atoms with Gasteiger partial charge in [-0.1, -0.05) is 48.6 Å². The lowest BCUT2D eigenvalue weighted by molar-refractivity contribution is -0.0842. The SMILES string of the molecule is COC(CSc1ccc2ccc(C=Cc3ccccc3O)cc2n1)OC. The molecule has 0 atom stereocenters. The van der Waals surface area contributed by atoms with Crippen LogP contribution in [0.4, 0.5) is 0 Å². The van der Waals surface area contributed by atoms with E-state index >= 15 is 0 Å². The van der Waals surface area contributed by atoms with E-state index in [0.29, 0.717) is 5.75 Å². The Kier molecular flexibility index (Phi) is 6.28. The first-order chi connectivity index (χ1) is 12.7. The molecule has 0 saturated carbocycles. The van der Waals surface area contributed by atoms with Crippen molar-refractivity contribution in [3.8, 4) is 5.75 Å². The smallest absolute Gasteiger partial charge is 0.166 e. The average Bonchev–Trinajstić information content (AvgIpc) is 2.68. The minimum absolute atomic E-state index is 0.245. The maximum Gasteiger partial charge on any atom is 0.166 e. The Morgan fingerprint density at radius 1 is 1.04 bits per heavy atom. The van der Waals surface area contributed by atoms with Crippen LogP contribution in [-0.4, -0.2) is 36.4 Å². The van der Waals surface area contributed by atoms with Gasteiger partial charge in [0.15, 0.2) is 6.29 Å². The van der Waals surface area contributed by atoms with Crippen molar-refractivity contribution in [2.75, 3.05) is 20.0 Å². The Hall–Kier alpha value is -2.34. The van der Waals surface area contributed by atoms with Gasteiger partial charge in [0.2, 0.25) is 0 Å². The molecule has 0 spiro atoms. The third kappa shape index (κ3) is 4.64. The number of phenolic OH excluding ortho intramolecular Hbond substituents is 1. The van der Waals surface area contributed by atoms with Crippen LogP contribution in [0.15, 0.2) is 59.6 Å². The summed E-state index contributed by atoms with van der Waals surface area (Å²) in [5, 5.41) is 11.9. The van der Waals surface area contributed by atoms with Crippen LogP contribution in [0.3, 0.4) is 0 Å². The number of methoxy groups -OCH3 is 2. The summed E-state index contributed by atoms with van der Waals surface area (Å²) in [6.07, 6.45) is 3.63. The highest BCUT2D eigenvalue weighted by Gasteiger charge is 2.07. The fraction of sp³-hybridized carbons (Fsp3) is 0.190. The van der Waals surface area contributed by atoms with Crippen molar-refractivity contribution >= 4 is 34.8 Å². The summed E-state index contributed by atoms with van der Waals surface area (Å²) >= 11 is 1.60. The van der Waals surface area contributed by atoms with Crippen LogP contribution in [0.2, 0.25) is 0 Å². The molecule has 1 aromatic heterocycles. The summed E-state index contributed by atoms with van der Waals surface area (Å²) in [7, 11) is 3.26. The minimum atomic E-state index is -0.245. The van der Waals surface area contributed by atoms with Gasteiger partial charge in [-0.3, -0.25) is 0 Å². The number of hydrogen-bond donors (Lipinski definition) is 1. The summed E-state index contributed by atoms with van der Waals surface area (Å²) in [6.45, 7) is 0. The van der Waals surface area contributed by atoms with E-state index < -0.39 is 0 Å². The van der Waals surface area contributed by atoms with Gasteiger partial charge in [0, 0.05) is 25.2 Å². The van der Waals surface area contributed by atoms with Crippen LogP contribution in [0, 0.1) is 0 Å². The summed E-state index contributed by atoms with van der Waals surface area (Å²) in [5.41, 5.74) is 2.75. The summed E-state index contributed by atoms with van der Waals surface area (Å²) in [5.74, 6) is 0.949. The number of hydrogen-bond acceptors (Lipinski definition) is 5. The van der Waals surface area contributed by atoms with Crippen LogP contribution in [0.5, 0.6) is 5.75 Å². The average molecular weight is 367 g/mol. The summed E-state index contributed by atoms with van der Waals surface area (Å²) < 4.78 is 10.4. The number of phenols is 1. The van der Waals surface area contributed by atoms with Gasteiger partial charge in [-0.2, -0.15) is 0 Å². The van der Waals surface area contributed by atoms with Crippen molar-refractivity contribution in [2.45, 2.75) is 11.3 Å². The number of aromatic nitrogens is 1. The van der Waals surface area contributed by atoms with E-state index in [-0.39, 0.29) is 12.0 Å². The molecule has 1 heterocycles. The number of ether oxygens (including phenoxy) is 2. The van der Waals surface area contributed by atoms with Crippen molar-refractivity contribution in [3.63, 3.8) is 0 Å². The fourth-order valence-corrected chi connectivity index (χ4v) is 3.41. The fourth-order valence-electron chi connectivity index (χ4n) is 2.50. The predicted molar refractivity (Wildman–Crippen MR) is 107 cm³/mol. The van der Waals surface area contributed by atoms with Crippen LogP contribution < -0.4 is 0 Å². The molecule has 3 aromatic rings. The third-order valence-corrected chi connectivity index (χ3v) is 4.94. The molecule has 0 bridgehead atoms. The molecule has 5 heteroatoms. The van der Waals surface area contributed by atoms with E-state index in [0.717, 1.165) is 27.1 Å². The number of thioether (sulfide) groups is 1. The normalized spacial score (nSPS) is 11.7. The van der Waals surface area contributed by atoms with Gasteiger partial charge in [-0.25, -0.2) is 4.98 Å². The second-order valence-corrected chi connectivity index (χ2v) is 6.75. The first-order valence-corrected chi connectivity index (χ1v) is 9.23. The van der Waals surface area contributed by atoms with Crippen LogP contribution in [-0.2, 0) is 9.47 Å². The Morgan fingerprint density at radius 2 is 1.81 bits per heavy atom. The van der Waals surface area contributed by atoms with Crippen molar-refractivity contribution < 1.29 is 14.6 Å². The van der Waals surface area contributed by atoms with E-state index in [1.807, 2.05) is 48.6 Å². The van der Waals surface area contributed by atoms with Crippen molar-refractivity contribution in [1.29, 1.82) is 0 Å². The van der Waals surface area contributed by atoms with Crippen molar-refractivity contribution in [1.82, 2.24) is 4.98 Å². The van der Waals surface area contributed by atoms with Crippen LogP contribution in [0.1, 0.15) is 11.1 Å². The van der Waals surface area contributed by atoms with E-state index in [9.17, 15) is 5.11 Å². The van der Waals surface area contributed by atoms with Gasteiger partial charge in [0.1, 0.15) is 5.75 Å². The molecular weight excluding hydrogens is 346 g/mol. The first-order valence-electron chi connectivity index (χ1n) is 8.25. The molecule has 3 rings (SSSR count). The summed E-state index contributed by atoms with van der Waals surface area (Å²) in [6, 6.07) is 17.5. The van der Waals surface area contributed by atoms with E-state index in [4.69, 9.17) is 14.5 Å². The first kappa shape index (κ1) is 18.5. The van der Waals surface area contributed by atoms with Crippen LogP contribution >= 0.6 is 11.8 Å². The number of nitrogens with zero attached hydrogens (tertiary/aromatic N) is 1. The van der Waals surface area contributed by atoms with Crippen LogP contribution in [0.25, 0.3) is 23.1 Å². The monoisotopic (exact) mass is 367 g/mol. The minimum Gasteiger partial charge on any atom is -0.507 e. The molecule has 1 N–H and O–H groups in total. The number of rotatable bonds is 7. The molecule has 134 valence electrons. The van der Waals surface area contributed by atoms with Gasteiger partial charge in [-0.15, -0.1) is 11.8 Å². The molecule has 0 unspecified atom stereocenters. The number of pyridine rings is 1. The standard InChI is InChI=1S/C21H21NO3S/c1-24-21(25-2)14-26-20-12-11-16-9-7-15(13-18(16)22-20)8-10-17-5-3-4-6-19(17)23/h3-13,21,23H,14H2,1-2H3. The zero-order valence-corrected chi connectivity index (χ0v) is 15.6. The molecule has 0 fully saturated rings. The highest BCUT2D eigenvalue weighted by atomic mass is 32.2. The highest BCUT2D eigenvalue weighted by Crippen LogP contribution is 2.24. The van der Waals surface area contributed by atoms with E-state index in [2.05, 4.69) is 12.1 Å². The maximum absolute atomic E-state index is 9.85. The summed E-state index contributed by atoms with van der Waals surface area (Å²) in [4.78, 5) is 4.72. The molecule has 0 aliphatic rings. The molecule has 0 amide bonds. The molecule has 26 heavy (non-hydrogen) atoms. The van der Waals surface area contributed by atoms with Gasteiger partial charge in [0.25, 0.3) is 0 Å². The third-order valence-electron chi connectivity index (χ3n) is 3.98. The molecular formula is C21H21NO3S. The van der Waals surface area contributed by atoms with Crippen molar-refractivity contribution in [2.24, 2.45) is 0 Å². The topological polar surface area (TPSA) is 51.6 Å². The van der Waals surface area contributed by atoms with Gasteiger partial charge in [0.05, 0.1) is 16.3 Å². The van der Waals surface area contributed by atoms with Crippen molar-refractivity contribution in [3.05, 3.63) is 65.7 Å². The molecule has 2 aromatic carbocycles. The number of aromatic hydroxyl groups is 1. The Bertz CT molecular complexity index is 907. The molecule has 4 nitrogen and oxygen atoms in total. The predicted octanol–water partition coefficient (Wildman–Crippen LogP) is 4.82. The Labute approximate surface area is 157 Å². The largest absolute Gasteiger partial charge is 0.507 e. The van der Waals surface area contributed by atoms with Gasteiger partial charge < -0.3 is 14.6 Å². The van der Waals surface area contributed by atoms with E-state index in [1.165, 1.54) is 0 Å². The Balaban J connectivity index is 1.79. The number of para-hydroxylation sites is 1. The number of fused-ring (bicyclic) bond motifs is 1. The molecule has 0 radical (unpaired) electrons. The Morgan fingerprint density at radius 3 is 2.58 bits per heavy atom. The lowest BCUT2D eigenvalue weighted by Crippen LogP contribution is -2.15. The lowest BCUT2D eigenvalue weighted by atomic mass is 10.1. The second kappa shape index (κ2) is 8.85. The van der Waals surface area contributed by atoms with Gasteiger partial charge in [-0.05, 0) is 23.8 Å². The maximum atomic E-state index is 9.85. The zero-order chi connectivity index (χ0) is 18.4. The number of benzene rings is 2. The highest BCUT2D eigenvalue weighted by molar-refractivity contribution is 7.99. The quantitative estimate of drug-likeness (QED) is 0.368. The molecule has 0 aliphatic carbocycles. The second-order valence-electron chi connectivity index (χ2n) is 5.71. The zero-order valence-electron chi connectivity index (χ0n) is 14.8.